The quantitative estimate of drug-likeness (QED) is 0.936. The van der Waals surface area contributed by atoms with Gasteiger partial charge in [-0.1, -0.05) is 30.3 Å². The minimum absolute atomic E-state index is 0.00652. The first-order valence-corrected chi connectivity index (χ1v) is 7.08. The van der Waals surface area contributed by atoms with Crippen LogP contribution < -0.4 is 15.4 Å². The third-order valence-electron chi connectivity index (χ3n) is 3.64. The van der Waals surface area contributed by atoms with Gasteiger partial charge in [0.1, 0.15) is 12.4 Å². The molecule has 1 fully saturated rings. The Labute approximate surface area is 124 Å². The van der Waals surface area contributed by atoms with Crippen LogP contribution >= 0.6 is 0 Å². The van der Waals surface area contributed by atoms with Crippen LogP contribution in [0, 0.1) is 0 Å². The summed E-state index contributed by atoms with van der Waals surface area (Å²) in [7, 11) is 0. The lowest BCUT2D eigenvalue weighted by Gasteiger charge is -2.16. The van der Waals surface area contributed by atoms with Crippen LogP contribution in [-0.4, -0.2) is 18.5 Å². The van der Waals surface area contributed by atoms with Gasteiger partial charge in [0.15, 0.2) is 0 Å². The number of anilines is 1. The van der Waals surface area contributed by atoms with Crippen molar-refractivity contribution in [2.24, 2.45) is 5.73 Å². The van der Waals surface area contributed by atoms with Crippen molar-refractivity contribution in [1.82, 2.24) is 0 Å². The van der Waals surface area contributed by atoms with E-state index in [0.717, 1.165) is 17.0 Å². The Balaban J connectivity index is 1.63. The fourth-order valence-electron chi connectivity index (χ4n) is 2.42. The molecule has 0 aromatic heterocycles. The molecule has 1 aliphatic rings. The zero-order chi connectivity index (χ0) is 14.7. The number of amides is 1. The number of hydrogen-bond acceptors (Lipinski definition) is 3. The van der Waals surface area contributed by atoms with Gasteiger partial charge in [-0.3, -0.25) is 4.79 Å². The van der Waals surface area contributed by atoms with Crippen molar-refractivity contribution in [2.75, 3.05) is 11.4 Å². The summed E-state index contributed by atoms with van der Waals surface area (Å²) in [5, 5.41) is 0. The highest BCUT2D eigenvalue weighted by Crippen LogP contribution is 2.24. The number of carbonyl (C=O) groups excluding carboxylic acids is 1. The van der Waals surface area contributed by atoms with E-state index in [1.807, 2.05) is 54.6 Å². The number of nitrogens with zero attached hydrogens (tertiary/aromatic N) is 1. The SMILES string of the molecule is N[C@H]1CCN(c2ccc(OCc3ccccc3)cc2)C1=O. The summed E-state index contributed by atoms with van der Waals surface area (Å²) in [5.74, 6) is 0.784. The van der Waals surface area contributed by atoms with Crippen LogP contribution in [0.5, 0.6) is 5.75 Å². The molecule has 2 aromatic rings. The molecule has 1 saturated heterocycles. The fourth-order valence-corrected chi connectivity index (χ4v) is 2.42. The predicted molar refractivity (Wildman–Crippen MR) is 82.2 cm³/mol. The van der Waals surface area contributed by atoms with Gasteiger partial charge in [0, 0.05) is 12.2 Å². The van der Waals surface area contributed by atoms with Crippen molar-refractivity contribution < 1.29 is 9.53 Å². The molecular formula is C17H18N2O2. The van der Waals surface area contributed by atoms with Gasteiger partial charge in [0.2, 0.25) is 5.91 Å². The Morgan fingerprint density at radius 2 is 1.81 bits per heavy atom. The number of nitrogens with two attached hydrogens (primary N) is 1. The second-order valence-electron chi connectivity index (χ2n) is 5.15. The van der Waals surface area contributed by atoms with Crippen molar-refractivity contribution in [3.05, 3.63) is 60.2 Å². The van der Waals surface area contributed by atoms with Crippen molar-refractivity contribution in [3.8, 4) is 5.75 Å². The van der Waals surface area contributed by atoms with Gasteiger partial charge in [0.25, 0.3) is 0 Å². The maximum absolute atomic E-state index is 11.9. The maximum atomic E-state index is 11.9. The average Bonchev–Trinajstić information content (AvgIpc) is 2.87. The fraction of sp³-hybridized carbons (Fsp3) is 0.235. The molecule has 21 heavy (non-hydrogen) atoms. The second kappa shape index (κ2) is 5.97. The third kappa shape index (κ3) is 3.06. The van der Waals surface area contributed by atoms with E-state index >= 15 is 0 Å². The van der Waals surface area contributed by atoms with Crippen molar-refractivity contribution in [1.29, 1.82) is 0 Å². The summed E-state index contributed by atoms with van der Waals surface area (Å²) in [6.45, 7) is 1.22. The van der Waals surface area contributed by atoms with E-state index in [0.29, 0.717) is 19.6 Å². The van der Waals surface area contributed by atoms with Gasteiger partial charge in [-0.2, -0.15) is 0 Å². The Morgan fingerprint density at radius 3 is 2.43 bits per heavy atom. The smallest absolute Gasteiger partial charge is 0.243 e. The Morgan fingerprint density at radius 1 is 1.10 bits per heavy atom. The van der Waals surface area contributed by atoms with E-state index in [4.69, 9.17) is 10.5 Å². The second-order valence-corrected chi connectivity index (χ2v) is 5.15. The van der Waals surface area contributed by atoms with E-state index in [-0.39, 0.29) is 11.9 Å². The third-order valence-corrected chi connectivity index (χ3v) is 3.64. The molecule has 1 atom stereocenters. The molecule has 0 unspecified atom stereocenters. The number of benzene rings is 2. The molecule has 0 radical (unpaired) electrons. The molecular weight excluding hydrogens is 264 g/mol. The van der Waals surface area contributed by atoms with Crippen LogP contribution in [0.3, 0.4) is 0 Å². The monoisotopic (exact) mass is 282 g/mol. The van der Waals surface area contributed by atoms with E-state index in [1.54, 1.807) is 4.90 Å². The van der Waals surface area contributed by atoms with E-state index < -0.39 is 0 Å². The highest BCUT2D eigenvalue weighted by Gasteiger charge is 2.29. The number of ether oxygens (including phenoxy) is 1. The topological polar surface area (TPSA) is 55.6 Å². The standard InChI is InChI=1S/C17H18N2O2/c18-16-10-11-19(17(16)20)14-6-8-15(9-7-14)21-12-13-4-2-1-3-5-13/h1-9,16H,10-12,18H2/t16-/m0/s1. The summed E-state index contributed by atoms with van der Waals surface area (Å²) in [5.41, 5.74) is 7.73. The molecule has 1 amide bonds. The van der Waals surface area contributed by atoms with E-state index in [2.05, 4.69) is 0 Å². The lowest BCUT2D eigenvalue weighted by molar-refractivity contribution is -0.118. The summed E-state index contributed by atoms with van der Waals surface area (Å²) in [6, 6.07) is 17.2. The normalized spacial score (nSPS) is 18.0. The summed E-state index contributed by atoms with van der Waals surface area (Å²) >= 11 is 0. The molecule has 4 heteroatoms. The summed E-state index contributed by atoms with van der Waals surface area (Å²) in [6.07, 6.45) is 0.713. The maximum Gasteiger partial charge on any atom is 0.243 e. The molecule has 1 aliphatic heterocycles. The van der Waals surface area contributed by atoms with Gasteiger partial charge in [-0.05, 0) is 36.2 Å². The highest BCUT2D eigenvalue weighted by molar-refractivity contribution is 5.99. The molecule has 2 aromatic carbocycles. The van der Waals surface area contributed by atoms with Crippen molar-refractivity contribution >= 4 is 11.6 Å². The first-order valence-electron chi connectivity index (χ1n) is 7.08. The minimum Gasteiger partial charge on any atom is -0.489 e. The lowest BCUT2D eigenvalue weighted by atomic mass is 10.2. The number of hydrogen-bond donors (Lipinski definition) is 1. The van der Waals surface area contributed by atoms with Gasteiger partial charge in [-0.15, -0.1) is 0 Å². The van der Waals surface area contributed by atoms with Crippen molar-refractivity contribution in [2.45, 2.75) is 19.1 Å². The van der Waals surface area contributed by atoms with Crippen LogP contribution in [0.4, 0.5) is 5.69 Å². The number of rotatable bonds is 4. The average molecular weight is 282 g/mol. The van der Waals surface area contributed by atoms with Crippen LogP contribution in [0.1, 0.15) is 12.0 Å². The summed E-state index contributed by atoms with van der Waals surface area (Å²) in [4.78, 5) is 13.6. The van der Waals surface area contributed by atoms with Gasteiger partial charge >= 0.3 is 0 Å². The molecule has 108 valence electrons. The Bertz CT molecular complexity index is 610. The molecule has 0 aliphatic carbocycles. The first kappa shape index (κ1) is 13.6. The molecule has 0 bridgehead atoms. The molecule has 2 N–H and O–H groups in total. The van der Waals surface area contributed by atoms with Crippen LogP contribution in [0.2, 0.25) is 0 Å². The van der Waals surface area contributed by atoms with Gasteiger partial charge in [0.05, 0.1) is 6.04 Å². The lowest BCUT2D eigenvalue weighted by Crippen LogP contribution is -2.33. The minimum atomic E-state index is -0.362. The van der Waals surface area contributed by atoms with E-state index in [9.17, 15) is 4.79 Å². The van der Waals surface area contributed by atoms with Crippen molar-refractivity contribution in [3.63, 3.8) is 0 Å². The van der Waals surface area contributed by atoms with Crippen LogP contribution in [0.25, 0.3) is 0 Å². The van der Waals surface area contributed by atoms with Crippen LogP contribution in [0.15, 0.2) is 54.6 Å². The Hall–Kier alpha value is -2.33. The Kier molecular flexibility index (Phi) is 3.88. The highest BCUT2D eigenvalue weighted by atomic mass is 16.5. The zero-order valence-electron chi connectivity index (χ0n) is 11.7. The molecule has 1 heterocycles. The molecule has 0 spiro atoms. The van der Waals surface area contributed by atoms with E-state index in [1.165, 1.54) is 0 Å². The molecule has 3 rings (SSSR count). The first-order chi connectivity index (χ1) is 10.2. The summed E-state index contributed by atoms with van der Waals surface area (Å²) < 4.78 is 5.73. The molecule has 0 saturated carbocycles. The van der Waals surface area contributed by atoms with Gasteiger partial charge in [-0.25, -0.2) is 0 Å². The van der Waals surface area contributed by atoms with Gasteiger partial charge < -0.3 is 15.4 Å². The molecule has 4 nitrogen and oxygen atoms in total. The zero-order valence-corrected chi connectivity index (χ0v) is 11.7. The largest absolute Gasteiger partial charge is 0.489 e. The number of carbonyl (C=O) groups is 1. The van der Waals surface area contributed by atoms with Crippen LogP contribution in [-0.2, 0) is 11.4 Å². The predicted octanol–water partition coefficient (Wildman–Crippen LogP) is 2.33.